The number of hydrogen-bond donors (Lipinski definition) is 1. The highest BCUT2D eigenvalue weighted by atomic mass is 16.3. The molecule has 1 unspecified atom stereocenters. The third kappa shape index (κ3) is 2.51. The molecule has 100 valence electrons. The van der Waals surface area contributed by atoms with Gasteiger partial charge >= 0.3 is 0 Å². The summed E-state index contributed by atoms with van der Waals surface area (Å²) in [6.45, 7) is 0. The minimum absolute atomic E-state index is 0.0924. The minimum atomic E-state index is 0.0924. The fraction of sp³-hybridized carbons (Fsp3) is 0.111. The van der Waals surface area contributed by atoms with Gasteiger partial charge in [0.15, 0.2) is 0 Å². The van der Waals surface area contributed by atoms with Crippen molar-refractivity contribution in [2.45, 2.75) is 6.04 Å². The first-order chi connectivity index (χ1) is 9.88. The van der Waals surface area contributed by atoms with Crippen LogP contribution < -0.4 is 5.32 Å². The predicted octanol–water partition coefficient (Wildman–Crippen LogP) is 4.26. The van der Waals surface area contributed by atoms with E-state index in [0.717, 1.165) is 5.76 Å². The first-order valence-corrected chi connectivity index (χ1v) is 6.74. The Morgan fingerprint density at radius 2 is 1.50 bits per heavy atom. The van der Waals surface area contributed by atoms with Crippen molar-refractivity contribution >= 4 is 0 Å². The van der Waals surface area contributed by atoms with Crippen LogP contribution in [0.3, 0.4) is 0 Å². The smallest absolute Gasteiger partial charge is 0.125 e. The van der Waals surface area contributed by atoms with Gasteiger partial charge in [-0.2, -0.15) is 0 Å². The van der Waals surface area contributed by atoms with Gasteiger partial charge in [0.25, 0.3) is 0 Å². The summed E-state index contributed by atoms with van der Waals surface area (Å²) in [5.74, 6) is 0.931. The Labute approximate surface area is 119 Å². The number of furan rings is 1. The first kappa shape index (κ1) is 12.7. The monoisotopic (exact) mass is 263 g/mol. The van der Waals surface area contributed by atoms with Gasteiger partial charge in [-0.05, 0) is 35.9 Å². The van der Waals surface area contributed by atoms with Crippen LogP contribution in [0.5, 0.6) is 0 Å². The van der Waals surface area contributed by atoms with Gasteiger partial charge in [0.1, 0.15) is 5.76 Å². The van der Waals surface area contributed by atoms with Gasteiger partial charge in [0, 0.05) is 0 Å². The lowest BCUT2D eigenvalue weighted by atomic mass is 10.00. The molecule has 1 aromatic heterocycles. The SMILES string of the molecule is CNC(c1ccc(-c2ccccc2)cc1)c1ccco1. The summed E-state index contributed by atoms with van der Waals surface area (Å²) in [4.78, 5) is 0. The average molecular weight is 263 g/mol. The molecule has 0 saturated carbocycles. The normalized spacial score (nSPS) is 12.2. The molecule has 2 aromatic carbocycles. The number of rotatable bonds is 4. The summed E-state index contributed by atoms with van der Waals surface area (Å²) in [6, 6.07) is 23.0. The van der Waals surface area contributed by atoms with Gasteiger partial charge in [0.05, 0.1) is 12.3 Å². The summed E-state index contributed by atoms with van der Waals surface area (Å²) in [7, 11) is 1.94. The predicted molar refractivity (Wildman–Crippen MR) is 81.5 cm³/mol. The van der Waals surface area contributed by atoms with E-state index in [9.17, 15) is 0 Å². The van der Waals surface area contributed by atoms with Crippen LogP contribution in [0, 0.1) is 0 Å². The van der Waals surface area contributed by atoms with Crippen LogP contribution in [0.4, 0.5) is 0 Å². The summed E-state index contributed by atoms with van der Waals surface area (Å²) < 4.78 is 5.49. The molecular formula is C18H17NO. The Kier molecular flexibility index (Phi) is 3.66. The second-order valence-electron chi connectivity index (χ2n) is 4.73. The van der Waals surface area contributed by atoms with E-state index in [0.29, 0.717) is 0 Å². The van der Waals surface area contributed by atoms with E-state index < -0.39 is 0 Å². The molecule has 0 saturated heterocycles. The average Bonchev–Trinajstić information content (AvgIpc) is 3.04. The number of hydrogen-bond acceptors (Lipinski definition) is 2. The van der Waals surface area contributed by atoms with Crippen LogP contribution in [0.1, 0.15) is 17.4 Å². The highest BCUT2D eigenvalue weighted by Crippen LogP contribution is 2.25. The summed E-state index contributed by atoms with van der Waals surface area (Å²) in [5.41, 5.74) is 3.66. The number of nitrogens with one attached hydrogen (secondary N) is 1. The Morgan fingerprint density at radius 1 is 0.800 bits per heavy atom. The highest BCUT2D eigenvalue weighted by molar-refractivity contribution is 5.63. The van der Waals surface area contributed by atoms with Crippen molar-refractivity contribution in [3.05, 3.63) is 84.3 Å². The molecule has 3 rings (SSSR count). The molecule has 1 heterocycles. The Bertz CT molecular complexity index is 642. The van der Waals surface area contributed by atoms with E-state index in [1.165, 1.54) is 16.7 Å². The molecule has 0 radical (unpaired) electrons. The van der Waals surface area contributed by atoms with Gasteiger partial charge < -0.3 is 9.73 Å². The van der Waals surface area contributed by atoms with E-state index in [-0.39, 0.29) is 6.04 Å². The summed E-state index contributed by atoms with van der Waals surface area (Å²) >= 11 is 0. The van der Waals surface area contributed by atoms with Gasteiger partial charge in [0.2, 0.25) is 0 Å². The Balaban J connectivity index is 1.89. The van der Waals surface area contributed by atoms with E-state index in [4.69, 9.17) is 4.42 Å². The summed E-state index contributed by atoms with van der Waals surface area (Å²) in [6.07, 6.45) is 1.71. The molecule has 1 atom stereocenters. The second kappa shape index (κ2) is 5.76. The molecule has 20 heavy (non-hydrogen) atoms. The third-order valence-electron chi connectivity index (χ3n) is 3.47. The lowest BCUT2D eigenvalue weighted by Gasteiger charge is -2.14. The van der Waals surface area contributed by atoms with Gasteiger partial charge in [-0.3, -0.25) is 0 Å². The van der Waals surface area contributed by atoms with Crippen molar-refractivity contribution in [2.24, 2.45) is 0 Å². The Morgan fingerprint density at radius 3 is 2.10 bits per heavy atom. The van der Waals surface area contributed by atoms with E-state index in [2.05, 4.69) is 53.8 Å². The molecule has 0 spiro atoms. The maximum absolute atomic E-state index is 5.49. The first-order valence-electron chi connectivity index (χ1n) is 6.74. The van der Waals surface area contributed by atoms with Crippen molar-refractivity contribution < 1.29 is 4.42 Å². The van der Waals surface area contributed by atoms with Crippen LogP contribution in [0.15, 0.2) is 77.4 Å². The molecule has 2 nitrogen and oxygen atoms in total. The summed E-state index contributed by atoms with van der Waals surface area (Å²) in [5, 5.41) is 3.29. The topological polar surface area (TPSA) is 25.2 Å². The second-order valence-corrected chi connectivity index (χ2v) is 4.73. The van der Waals surface area contributed by atoms with Crippen molar-refractivity contribution in [1.29, 1.82) is 0 Å². The maximum Gasteiger partial charge on any atom is 0.125 e. The largest absolute Gasteiger partial charge is 0.467 e. The van der Waals surface area contributed by atoms with Crippen molar-refractivity contribution in [1.82, 2.24) is 5.32 Å². The standard InChI is InChI=1S/C18H17NO/c1-19-18(17-8-5-13-20-17)16-11-9-15(10-12-16)14-6-3-2-4-7-14/h2-13,18-19H,1H3. The zero-order valence-electron chi connectivity index (χ0n) is 11.4. The van der Waals surface area contributed by atoms with Crippen molar-refractivity contribution in [3.8, 4) is 11.1 Å². The van der Waals surface area contributed by atoms with Crippen LogP contribution in [-0.4, -0.2) is 7.05 Å². The molecule has 2 heteroatoms. The van der Waals surface area contributed by atoms with E-state index in [1.807, 2.05) is 25.2 Å². The van der Waals surface area contributed by atoms with Gasteiger partial charge in [-0.1, -0.05) is 54.6 Å². The lowest BCUT2D eigenvalue weighted by molar-refractivity contribution is 0.463. The van der Waals surface area contributed by atoms with Crippen LogP contribution >= 0.6 is 0 Å². The molecule has 0 bridgehead atoms. The molecule has 0 fully saturated rings. The molecule has 0 amide bonds. The molecule has 0 aliphatic heterocycles. The van der Waals surface area contributed by atoms with Crippen LogP contribution in [-0.2, 0) is 0 Å². The molecule has 0 aliphatic carbocycles. The zero-order valence-corrected chi connectivity index (χ0v) is 11.4. The fourth-order valence-electron chi connectivity index (χ4n) is 2.43. The third-order valence-corrected chi connectivity index (χ3v) is 3.47. The van der Waals surface area contributed by atoms with Crippen LogP contribution in [0.2, 0.25) is 0 Å². The van der Waals surface area contributed by atoms with Crippen molar-refractivity contribution in [3.63, 3.8) is 0 Å². The van der Waals surface area contributed by atoms with Gasteiger partial charge in [-0.15, -0.1) is 0 Å². The lowest BCUT2D eigenvalue weighted by Crippen LogP contribution is -2.16. The quantitative estimate of drug-likeness (QED) is 0.761. The maximum atomic E-state index is 5.49. The van der Waals surface area contributed by atoms with E-state index >= 15 is 0 Å². The molecular weight excluding hydrogens is 246 g/mol. The fourth-order valence-corrected chi connectivity index (χ4v) is 2.43. The molecule has 0 aliphatic rings. The van der Waals surface area contributed by atoms with Gasteiger partial charge in [-0.25, -0.2) is 0 Å². The molecule has 1 N–H and O–H groups in total. The van der Waals surface area contributed by atoms with Crippen LogP contribution in [0.25, 0.3) is 11.1 Å². The van der Waals surface area contributed by atoms with Crippen molar-refractivity contribution in [2.75, 3.05) is 7.05 Å². The Hall–Kier alpha value is -2.32. The van der Waals surface area contributed by atoms with E-state index in [1.54, 1.807) is 6.26 Å². The number of benzene rings is 2. The zero-order chi connectivity index (χ0) is 13.8. The minimum Gasteiger partial charge on any atom is -0.467 e. The molecule has 3 aromatic rings. The highest BCUT2D eigenvalue weighted by Gasteiger charge is 2.14.